The molecule has 0 radical (unpaired) electrons. The quantitative estimate of drug-likeness (QED) is 0.546. The number of guanidine groups is 1. The first kappa shape index (κ1) is 19.7. The lowest BCUT2D eigenvalue weighted by atomic mass is 10.1. The van der Waals surface area contributed by atoms with E-state index in [4.69, 9.17) is 31.5 Å². The minimum Gasteiger partial charge on any atom is -0.496 e. The minimum absolute atomic E-state index is 0.377. The van der Waals surface area contributed by atoms with Crippen LogP contribution in [-0.2, 0) is 13.0 Å². The molecule has 0 fully saturated rings. The molecular weight excluding hydrogens is 354 g/mol. The van der Waals surface area contributed by atoms with Crippen LogP contribution in [0.2, 0.25) is 5.02 Å². The van der Waals surface area contributed by atoms with Crippen molar-refractivity contribution in [2.75, 3.05) is 27.9 Å². The number of aliphatic imine (C=N–C) groups is 1. The van der Waals surface area contributed by atoms with Crippen LogP contribution < -0.4 is 25.3 Å². The maximum Gasteiger partial charge on any atom is 0.188 e. The van der Waals surface area contributed by atoms with Crippen molar-refractivity contribution in [1.82, 2.24) is 5.32 Å². The highest BCUT2D eigenvalue weighted by Gasteiger charge is 2.05. The highest BCUT2D eigenvalue weighted by Crippen LogP contribution is 2.27. The van der Waals surface area contributed by atoms with Gasteiger partial charge in [-0.3, -0.25) is 0 Å². The molecule has 2 aromatic rings. The Hall–Kier alpha value is -2.60. The van der Waals surface area contributed by atoms with E-state index in [1.54, 1.807) is 33.5 Å². The van der Waals surface area contributed by atoms with E-state index in [-0.39, 0.29) is 0 Å². The first-order valence-electron chi connectivity index (χ1n) is 8.14. The fourth-order valence-corrected chi connectivity index (χ4v) is 2.61. The number of nitrogens with one attached hydrogen (secondary N) is 1. The molecule has 2 aromatic carbocycles. The summed E-state index contributed by atoms with van der Waals surface area (Å²) in [6.07, 6.45) is 0.779. The lowest BCUT2D eigenvalue weighted by molar-refractivity contribution is 0.354. The van der Waals surface area contributed by atoms with E-state index in [1.165, 1.54) is 0 Å². The van der Waals surface area contributed by atoms with Gasteiger partial charge >= 0.3 is 0 Å². The number of nitrogens with two attached hydrogens (primary N) is 1. The summed E-state index contributed by atoms with van der Waals surface area (Å²) in [6, 6.07) is 11.3. The number of benzene rings is 2. The van der Waals surface area contributed by atoms with E-state index in [9.17, 15) is 0 Å². The second-order valence-electron chi connectivity index (χ2n) is 5.52. The average molecular weight is 378 g/mol. The zero-order chi connectivity index (χ0) is 18.9. The van der Waals surface area contributed by atoms with Crippen LogP contribution in [0.1, 0.15) is 11.1 Å². The molecule has 140 valence electrons. The fraction of sp³-hybridized carbons (Fsp3) is 0.316. The van der Waals surface area contributed by atoms with Gasteiger partial charge in [0.2, 0.25) is 0 Å². The Kier molecular flexibility index (Phi) is 7.41. The molecule has 0 spiro atoms. The Bertz CT molecular complexity index is 766. The SMILES string of the molecule is COc1cc(Cl)ccc1CN=C(N)NCCc1ccc(OC)c(OC)c1. The second-order valence-corrected chi connectivity index (χ2v) is 5.96. The maximum absolute atomic E-state index is 5.96. The highest BCUT2D eigenvalue weighted by atomic mass is 35.5. The Labute approximate surface area is 158 Å². The van der Waals surface area contributed by atoms with Crippen molar-refractivity contribution in [3.05, 3.63) is 52.5 Å². The van der Waals surface area contributed by atoms with Gasteiger partial charge in [0.1, 0.15) is 5.75 Å². The summed E-state index contributed by atoms with van der Waals surface area (Å²) in [5, 5.41) is 3.73. The summed E-state index contributed by atoms with van der Waals surface area (Å²) >= 11 is 5.96. The van der Waals surface area contributed by atoms with Crippen molar-refractivity contribution >= 4 is 17.6 Å². The monoisotopic (exact) mass is 377 g/mol. The second kappa shape index (κ2) is 9.77. The normalized spacial score (nSPS) is 11.2. The third-order valence-corrected chi connectivity index (χ3v) is 4.07. The Morgan fingerprint density at radius 2 is 1.73 bits per heavy atom. The molecule has 0 unspecified atom stereocenters. The van der Waals surface area contributed by atoms with Gasteiger partial charge < -0.3 is 25.3 Å². The van der Waals surface area contributed by atoms with Crippen LogP contribution in [0.3, 0.4) is 0 Å². The van der Waals surface area contributed by atoms with Gasteiger partial charge in [-0.2, -0.15) is 0 Å². The number of hydrogen-bond acceptors (Lipinski definition) is 4. The topological polar surface area (TPSA) is 78.1 Å². The summed E-state index contributed by atoms with van der Waals surface area (Å²) in [6.45, 7) is 1.07. The molecule has 2 rings (SSSR count). The Morgan fingerprint density at radius 1 is 1.00 bits per heavy atom. The number of halogens is 1. The van der Waals surface area contributed by atoms with Gasteiger partial charge in [0.15, 0.2) is 17.5 Å². The van der Waals surface area contributed by atoms with Gasteiger partial charge in [-0.05, 0) is 36.2 Å². The van der Waals surface area contributed by atoms with E-state index < -0.39 is 0 Å². The zero-order valence-electron chi connectivity index (χ0n) is 15.2. The molecule has 0 aromatic heterocycles. The molecule has 0 saturated heterocycles. The van der Waals surface area contributed by atoms with Crippen LogP contribution in [0.4, 0.5) is 0 Å². The van der Waals surface area contributed by atoms with E-state index in [0.29, 0.717) is 41.3 Å². The lowest BCUT2D eigenvalue weighted by Crippen LogP contribution is -2.33. The first-order valence-corrected chi connectivity index (χ1v) is 8.52. The van der Waals surface area contributed by atoms with Crippen molar-refractivity contribution < 1.29 is 14.2 Å². The molecule has 6 nitrogen and oxygen atoms in total. The molecule has 7 heteroatoms. The van der Waals surface area contributed by atoms with Gasteiger partial charge in [0.05, 0.1) is 27.9 Å². The molecule has 0 aliphatic heterocycles. The van der Waals surface area contributed by atoms with Crippen LogP contribution in [0, 0.1) is 0 Å². The number of nitrogens with zero attached hydrogens (tertiary/aromatic N) is 1. The molecule has 0 amide bonds. The van der Waals surface area contributed by atoms with Crippen molar-refractivity contribution in [3.63, 3.8) is 0 Å². The molecule has 0 aliphatic rings. The van der Waals surface area contributed by atoms with Gasteiger partial charge in [-0.25, -0.2) is 4.99 Å². The van der Waals surface area contributed by atoms with Crippen LogP contribution in [0.5, 0.6) is 17.2 Å². The average Bonchev–Trinajstić information content (AvgIpc) is 2.66. The third-order valence-electron chi connectivity index (χ3n) is 3.84. The molecular formula is C19H24ClN3O3. The van der Waals surface area contributed by atoms with E-state index in [1.807, 2.05) is 24.3 Å². The van der Waals surface area contributed by atoms with Crippen molar-refractivity contribution in [1.29, 1.82) is 0 Å². The molecule has 26 heavy (non-hydrogen) atoms. The van der Waals surface area contributed by atoms with E-state index >= 15 is 0 Å². The van der Waals surface area contributed by atoms with Crippen LogP contribution in [-0.4, -0.2) is 33.8 Å². The Morgan fingerprint density at radius 3 is 2.42 bits per heavy atom. The van der Waals surface area contributed by atoms with Gasteiger partial charge in [-0.1, -0.05) is 23.7 Å². The van der Waals surface area contributed by atoms with Crippen LogP contribution in [0.25, 0.3) is 0 Å². The summed E-state index contributed by atoms with van der Waals surface area (Å²) in [5.41, 5.74) is 7.97. The van der Waals surface area contributed by atoms with Crippen molar-refractivity contribution in [2.24, 2.45) is 10.7 Å². The molecule has 0 saturated carbocycles. The maximum atomic E-state index is 5.96. The zero-order valence-corrected chi connectivity index (χ0v) is 16.0. The van der Waals surface area contributed by atoms with Crippen LogP contribution in [0.15, 0.2) is 41.4 Å². The number of rotatable bonds is 8. The Balaban J connectivity index is 1.88. The van der Waals surface area contributed by atoms with Crippen molar-refractivity contribution in [2.45, 2.75) is 13.0 Å². The molecule has 3 N–H and O–H groups in total. The van der Waals surface area contributed by atoms with E-state index in [0.717, 1.165) is 17.5 Å². The summed E-state index contributed by atoms with van der Waals surface area (Å²) < 4.78 is 15.8. The molecule has 0 heterocycles. The molecule has 0 aliphatic carbocycles. The number of methoxy groups -OCH3 is 3. The molecule has 0 atom stereocenters. The fourth-order valence-electron chi connectivity index (χ4n) is 2.45. The molecule has 0 bridgehead atoms. The smallest absolute Gasteiger partial charge is 0.188 e. The first-order chi connectivity index (χ1) is 12.6. The van der Waals surface area contributed by atoms with Crippen molar-refractivity contribution in [3.8, 4) is 17.2 Å². The highest BCUT2D eigenvalue weighted by molar-refractivity contribution is 6.30. The summed E-state index contributed by atoms with van der Waals surface area (Å²) in [4.78, 5) is 4.34. The van der Waals surface area contributed by atoms with Gasteiger partial charge in [0.25, 0.3) is 0 Å². The largest absolute Gasteiger partial charge is 0.496 e. The minimum atomic E-state index is 0.377. The third kappa shape index (κ3) is 5.46. The summed E-state index contributed by atoms with van der Waals surface area (Å²) in [5.74, 6) is 2.49. The number of ether oxygens (including phenoxy) is 3. The standard InChI is InChI=1S/C19H24ClN3O3/c1-24-16-7-4-13(10-18(16)26-3)8-9-22-19(21)23-12-14-5-6-15(20)11-17(14)25-2/h4-7,10-11H,8-9,12H2,1-3H3,(H3,21,22,23). The van der Waals surface area contributed by atoms with E-state index in [2.05, 4.69) is 10.3 Å². The van der Waals surface area contributed by atoms with Crippen LogP contribution >= 0.6 is 11.6 Å². The predicted molar refractivity (Wildman–Crippen MR) is 105 cm³/mol. The summed E-state index contributed by atoms with van der Waals surface area (Å²) in [7, 11) is 4.84. The number of hydrogen-bond donors (Lipinski definition) is 2. The predicted octanol–water partition coefficient (Wildman–Crippen LogP) is 3.01. The van der Waals surface area contributed by atoms with Gasteiger partial charge in [0, 0.05) is 17.1 Å². The van der Waals surface area contributed by atoms with Gasteiger partial charge in [-0.15, -0.1) is 0 Å². The lowest BCUT2D eigenvalue weighted by Gasteiger charge is -2.11.